The van der Waals surface area contributed by atoms with Gasteiger partial charge in [-0.25, -0.2) is 4.98 Å². The van der Waals surface area contributed by atoms with E-state index in [1.807, 2.05) is 25.4 Å². The Morgan fingerprint density at radius 2 is 2.03 bits per heavy atom. The van der Waals surface area contributed by atoms with Crippen molar-refractivity contribution < 1.29 is 4.79 Å². The SMILES string of the molecule is Cn1cc(CC(NC(=O)/C=C/c2cc(Cl)ccc2-n2cnnn2)c2nc(-c3ccc(N)cc3)c(Cl)[nH]2)cn1. The fraction of sp³-hybridized carbons (Fsp3) is 0.120. The molecular weight excluding hydrogens is 527 g/mol. The first-order valence-corrected chi connectivity index (χ1v) is 12.2. The van der Waals surface area contributed by atoms with Crippen molar-refractivity contribution in [1.29, 1.82) is 0 Å². The Bertz CT molecular complexity index is 1590. The molecule has 0 aliphatic carbocycles. The van der Waals surface area contributed by atoms with E-state index in [2.05, 4.69) is 30.9 Å². The van der Waals surface area contributed by atoms with E-state index in [1.54, 1.807) is 47.3 Å². The predicted octanol–water partition coefficient (Wildman–Crippen LogP) is 3.79. The summed E-state index contributed by atoms with van der Waals surface area (Å²) >= 11 is 12.7. The van der Waals surface area contributed by atoms with Gasteiger partial charge in [0.1, 0.15) is 23.0 Å². The number of carbonyl (C=O) groups is 1. The van der Waals surface area contributed by atoms with Gasteiger partial charge in [0.25, 0.3) is 0 Å². The lowest BCUT2D eigenvalue weighted by Gasteiger charge is -2.15. The highest BCUT2D eigenvalue weighted by molar-refractivity contribution is 6.32. The second-order valence-electron chi connectivity index (χ2n) is 8.49. The molecule has 11 nitrogen and oxygen atoms in total. The number of rotatable bonds is 8. The molecule has 0 spiro atoms. The quantitative estimate of drug-likeness (QED) is 0.197. The summed E-state index contributed by atoms with van der Waals surface area (Å²) in [5.41, 5.74) is 10.1. The monoisotopic (exact) mass is 548 g/mol. The Hall–Kier alpha value is -4.48. The van der Waals surface area contributed by atoms with Crippen LogP contribution in [-0.4, -0.2) is 45.9 Å². The van der Waals surface area contributed by atoms with E-state index in [0.29, 0.717) is 45.1 Å². The molecule has 5 aromatic rings. The van der Waals surface area contributed by atoms with Crippen LogP contribution in [0.4, 0.5) is 5.69 Å². The van der Waals surface area contributed by atoms with Gasteiger partial charge in [-0.05, 0) is 52.4 Å². The maximum absolute atomic E-state index is 13.1. The van der Waals surface area contributed by atoms with Crippen molar-refractivity contribution in [3.05, 3.63) is 94.4 Å². The zero-order valence-electron chi connectivity index (χ0n) is 20.1. The summed E-state index contributed by atoms with van der Waals surface area (Å²) in [7, 11) is 1.83. The Kier molecular flexibility index (Phi) is 7.20. The van der Waals surface area contributed by atoms with Gasteiger partial charge in [0, 0.05) is 47.6 Å². The van der Waals surface area contributed by atoms with Gasteiger partial charge in [-0.3, -0.25) is 9.48 Å². The highest BCUT2D eigenvalue weighted by atomic mass is 35.5. The number of aromatic amines is 1. The van der Waals surface area contributed by atoms with Crippen LogP contribution in [0.5, 0.6) is 0 Å². The Morgan fingerprint density at radius 3 is 2.74 bits per heavy atom. The van der Waals surface area contributed by atoms with Gasteiger partial charge in [0.2, 0.25) is 5.91 Å². The van der Waals surface area contributed by atoms with Crippen molar-refractivity contribution in [2.24, 2.45) is 7.05 Å². The highest BCUT2D eigenvalue weighted by Crippen LogP contribution is 2.29. The van der Waals surface area contributed by atoms with E-state index in [4.69, 9.17) is 33.9 Å². The molecule has 13 heteroatoms. The highest BCUT2D eigenvalue weighted by Gasteiger charge is 2.21. The van der Waals surface area contributed by atoms with E-state index < -0.39 is 6.04 Å². The average Bonchev–Trinajstić information content (AvgIpc) is 3.65. The maximum Gasteiger partial charge on any atom is 0.244 e. The second-order valence-corrected chi connectivity index (χ2v) is 9.30. The number of nitrogens with zero attached hydrogens (tertiary/aromatic N) is 7. The van der Waals surface area contributed by atoms with Crippen molar-refractivity contribution in [1.82, 2.24) is 45.3 Å². The van der Waals surface area contributed by atoms with Crippen molar-refractivity contribution in [2.75, 3.05) is 5.73 Å². The molecule has 2 aromatic carbocycles. The summed E-state index contributed by atoms with van der Waals surface area (Å²) in [6.45, 7) is 0. The van der Waals surface area contributed by atoms with Gasteiger partial charge in [0.05, 0.1) is 17.9 Å². The van der Waals surface area contributed by atoms with E-state index in [0.717, 1.165) is 11.1 Å². The smallest absolute Gasteiger partial charge is 0.244 e. The first-order valence-electron chi connectivity index (χ1n) is 11.5. The van der Waals surface area contributed by atoms with Crippen LogP contribution >= 0.6 is 23.2 Å². The number of aryl methyl sites for hydroxylation is 1. The van der Waals surface area contributed by atoms with E-state index in [9.17, 15) is 4.79 Å². The molecule has 38 heavy (non-hydrogen) atoms. The lowest BCUT2D eigenvalue weighted by Crippen LogP contribution is -2.29. The summed E-state index contributed by atoms with van der Waals surface area (Å²) in [6, 6.07) is 11.9. The van der Waals surface area contributed by atoms with Gasteiger partial charge in [-0.2, -0.15) is 9.78 Å². The van der Waals surface area contributed by atoms with E-state index in [-0.39, 0.29) is 5.91 Å². The summed E-state index contributed by atoms with van der Waals surface area (Å²) in [5.74, 6) is 0.160. The fourth-order valence-electron chi connectivity index (χ4n) is 3.92. The van der Waals surface area contributed by atoms with Gasteiger partial charge in [0.15, 0.2) is 0 Å². The third kappa shape index (κ3) is 5.74. The molecule has 0 bridgehead atoms. The third-order valence-corrected chi connectivity index (χ3v) is 6.22. The average molecular weight is 549 g/mol. The molecule has 1 atom stereocenters. The zero-order chi connectivity index (χ0) is 26.6. The number of nitrogen functional groups attached to an aromatic ring is 1. The molecule has 0 saturated heterocycles. The molecule has 192 valence electrons. The molecule has 0 aliphatic heterocycles. The van der Waals surface area contributed by atoms with Crippen LogP contribution in [0.25, 0.3) is 23.0 Å². The van der Waals surface area contributed by atoms with Crippen LogP contribution in [0, 0.1) is 0 Å². The van der Waals surface area contributed by atoms with Crippen molar-refractivity contribution in [3.8, 4) is 16.9 Å². The Labute approximate surface area is 227 Å². The molecular formula is C25H22Cl2N10O. The number of H-pyrrole nitrogens is 1. The number of carbonyl (C=O) groups excluding carboxylic acids is 1. The molecule has 0 fully saturated rings. The molecule has 0 saturated carbocycles. The normalized spacial score (nSPS) is 12.2. The number of halogens is 2. The van der Waals surface area contributed by atoms with Crippen molar-refractivity contribution >= 4 is 40.9 Å². The molecule has 1 amide bonds. The summed E-state index contributed by atoms with van der Waals surface area (Å²) in [6.07, 6.45) is 8.58. The second kappa shape index (κ2) is 10.9. The minimum absolute atomic E-state index is 0.344. The number of aromatic nitrogens is 8. The molecule has 3 aromatic heterocycles. The van der Waals surface area contributed by atoms with Crippen molar-refractivity contribution in [2.45, 2.75) is 12.5 Å². The predicted molar refractivity (Wildman–Crippen MR) is 144 cm³/mol. The molecule has 5 rings (SSSR count). The first-order chi connectivity index (χ1) is 18.4. The van der Waals surface area contributed by atoms with Gasteiger partial charge < -0.3 is 16.0 Å². The van der Waals surface area contributed by atoms with Crippen LogP contribution in [0.15, 0.2) is 67.3 Å². The van der Waals surface area contributed by atoms with Crippen LogP contribution in [0.2, 0.25) is 10.2 Å². The van der Waals surface area contributed by atoms with Crippen LogP contribution in [0.3, 0.4) is 0 Å². The number of nitrogens with one attached hydrogen (secondary N) is 2. The molecule has 1 unspecified atom stereocenters. The Balaban J connectivity index is 1.42. The van der Waals surface area contributed by atoms with E-state index >= 15 is 0 Å². The molecule has 0 radical (unpaired) electrons. The van der Waals surface area contributed by atoms with Gasteiger partial charge in [-0.1, -0.05) is 35.3 Å². The lowest BCUT2D eigenvalue weighted by molar-refractivity contribution is -0.117. The number of benzene rings is 2. The van der Waals surface area contributed by atoms with Gasteiger partial charge >= 0.3 is 0 Å². The fourth-order valence-corrected chi connectivity index (χ4v) is 4.35. The van der Waals surface area contributed by atoms with Crippen molar-refractivity contribution in [3.63, 3.8) is 0 Å². The third-order valence-electron chi connectivity index (χ3n) is 5.71. The number of hydrogen-bond donors (Lipinski definition) is 3. The van der Waals surface area contributed by atoms with Gasteiger partial charge in [-0.15, -0.1) is 5.10 Å². The minimum atomic E-state index is -0.519. The number of nitrogens with two attached hydrogens (primary N) is 1. The summed E-state index contributed by atoms with van der Waals surface area (Å²) in [4.78, 5) is 20.9. The largest absolute Gasteiger partial charge is 0.399 e. The number of imidazole rings is 1. The topological polar surface area (TPSA) is 145 Å². The molecule has 0 aliphatic rings. The minimum Gasteiger partial charge on any atom is -0.399 e. The molecule has 3 heterocycles. The standard InChI is InChI=1S/C25H22Cl2N10O/c1-36-13-15(12-30-36)10-20(25-32-23(24(27)33-25)16-2-6-19(28)7-3-16)31-22(38)9-4-17-11-18(26)5-8-21(17)37-14-29-34-35-37/h2-9,11-14,20H,10,28H2,1H3,(H,31,38)(H,32,33)/b9-4+. The first kappa shape index (κ1) is 25.2. The van der Waals surface area contributed by atoms with Crippen LogP contribution in [-0.2, 0) is 18.3 Å². The summed E-state index contributed by atoms with van der Waals surface area (Å²) < 4.78 is 3.19. The molecule has 4 N–H and O–H groups in total. The maximum atomic E-state index is 13.1. The number of amides is 1. The lowest BCUT2D eigenvalue weighted by atomic mass is 10.1. The summed E-state index contributed by atoms with van der Waals surface area (Å²) in [5, 5.41) is 19.4. The van der Waals surface area contributed by atoms with Crippen LogP contribution < -0.4 is 11.1 Å². The number of hydrogen-bond acceptors (Lipinski definition) is 7. The van der Waals surface area contributed by atoms with Crippen LogP contribution in [0.1, 0.15) is 23.0 Å². The number of anilines is 1. The number of tetrazole rings is 1. The van der Waals surface area contributed by atoms with E-state index in [1.165, 1.54) is 17.1 Å². The zero-order valence-corrected chi connectivity index (χ0v) is 21.6. The Morgan fingerprint density at radius 1 is 1.21 bits per heavy atom.